The van der Waals surface area contributed by atoms with Gasteiger partial charge < -0.3 is 9.84 Å². The maximum atomic E-state index is 13.2. The van der Waals surface area contributed by atoms with Crippen LogP contribution in [0.15, 0.2) is 18.2 Å². The number of hydrogen-bond donors (Lipinski definition) is 1. The number of carbonyl (C=O) groups excluding carboxylic acids is 1. The van der Waals surface area contributed by atoms with Crippen LogP contribution in [-0.4, -0.2) is 42.8 Å². The minimum atomic E-state index is -0.521. The van der Waals surface area contributed by atoms with Crippen molar-refractivity contribution in [2.24, 2.45) is 5.92 Å². The first kappa shape index (κ1) is 14.0. The maximum Gasteiger partial charge on any atom is 0.338 e. The average molecular weight is 267 g/mol. The number of benzene rings is 1. The predicted molar refractivity (Wildman–Crippen MR) is 68.2 cm³/mol. The smallest absolute Gasteiger partial charge is 0.338 e. The molecule has 1 saturated heterocycles. The van der Waals surface area contributed by atoms with Gasteiger partial charge in [0.25, 0.3) is 0 Å². The fourth-order valence-electron chi connectivity index (χ4n) is 2.43. The first-order chi connectivity index (χ1) is 9.13. The molecule has 0 aromatic heterocycles. The summed E-state index contributed by atoms with van der Waals surface area (Å²) in [6.07, 6.45) is 0.950. The van der Waals surface area contributed by atoms with Gasteiger partial charge >= 0.3 is 5.97 Å². The predicted octanol–water partition coefficient (Wildman–Crippen LogP) is 1.43. The van der Waals surface area contributed by atoms with Crippen LogP contribution in [0.3, 0.4) is 0 Å². The van der Waals surface area contributed by atoms with E-state index in [1.165, 1.54) is 19.2 Å². The monoisotopic (exact) mass is 267 g/mol. The Morgan fingerprint density at radius 3 is 3.00 bits per heavy atom. The van der Waals surface area contributed by atoms with E-state index in [0.717, 1.165) is 25.1 Å². The van der Waals surface area contributed by atoms with Crippen LogP contribution >= 0.6 is 0 Å². The first-order valence-electron chi connectivity index (χ1n) is 6.34. The van der Waals surface area contributed by atoms with Gasteiger partial charge in [-0.05, 0) is 36.6 Å². The summed E-state index contributed by atoms with van der Waals surface area (Å²) in [5.74, 6) is -0.673. The van der Waals surface area contributed by atoms with Crippen LogP contribution < -0.4 is 0 Å². The Balaban J connectivity index is 2.14. The molecule has 1 fully saturated rings. The molecule has 0 aliphatic carbocycles. The van der Waals surface area contributed by atoms with Gasteiger partial charge in [-0.15, -0.1) is 0 Å². The summed E-state index contributed by atoms with van der Waals surface area (Å²) in [6, 6.07) is 4.18. The number of halogens is 1. The number of carbonyl (C=O) groups is 1. The van der Waals surface area contributed by atoms with E-state index >= 15 is 0 Å². The van der Waals surface area contributed by atoms with Crippen LogP contribution in [0.1, 0.15) is 22.3 Å². The number of nitrogens with zero attached hydrogens (tertiary/aromatic N) is 1. The van der Waals surface area contributed by atoms with E-state index in [0.29, 0.717) is 12.5 Å². The highest BCUT2D eigenvalue weighted by Crippen LogP contribution is 2.21. The lowest BCUT2D eigenvalue weighted by Gasteiger charge is -2.17. The lowest BCUT2D eigenvalue weighted by molar-refractivity contribution is 0.0597. The normalized spacial score (nSPS) is 19.6. The minimum absolute atomic E-state index is 0.184. The third-order valence-electron chi connectivity index (χ3n) is 3.50. The number of ether oxygens (including phenoxy) is 1. The summed E-state index contributed by atoms with van der Waals surface area (Å²) >= 11 is 0. The van der Waals surface area contributed by atoms with Gasteiger partial charge in [0, 0.05) is 19.7 Å². The highest BCUT2D eigenvalue weighted by molar-refractivity contribution is 5.91. The lowest BCUT2D eigenvalue weighted by Crippen LogP contribution is -2.22. The van der Waals surface area contributed by atoms with E-state index in [9.17, 15) is 9.18 Å². The van der Waals surface area contributed by atoms with Crippen LogP contribution in [0.2, 0.25) is 0 Å². The Bertz CT molecular complexity index is 464. The molecule has 19 heavy (non-hydrogen) atoms. The lowest BCUT2D eigenvalue weighted by atomic mass is 10.1. The van der Waals surface area contributed by atoms with Gasteiger partial charge in [-0.1, -0.05) is 6.07 Å². The Labute approximate surface area is 111 Å². The second-order valence-electron chi connectivity index (χ2n) is 4.87. The number of hydrogen-bond acceptors (Lipinski definition) is 4. The van der Waals surface area contributed by atoms with Crippen molar-refractivity contribution in [1.29, 1.82) is 0 Å². The molecule has 2 rings (SSSR count). The van der Waals surface area contributed by atoms with Crippen LogP contribution in [0.4, 0.5) is 4.39 Å². The number of esters is 1. The Kier molecular flexibility index (Phi) is 4.50. The molecular formula is C14H18FNO3. The molecule has 1 N–H and O–H groups in total. The van der Waals surface area contributed by atoms with E-state index < -0.39 is 11.8 Å². The van der Waals surface area contributed by atoms with Gasteiger partial charge in [0.05, 0.1) is 12.7 Å². The first-order valence-corrected chi connectivity index (χ1v) is 6.34. The summed E-state index contributed by atoms with van der Waals surface area (Å²) < 4.78 is 17.9. The highest BCUT2D eigenvalue weighted by Gasteiger charge is 2.23. The molecular weight excluding hydrogens is 249 g/mol. The van der Waals surface area contributed by atoms with Crippen molar-refractivity contribution in [2.45, 2.75) is 13.0 Å². The number of aliphatic hydroxyl groups is 1. The van der Waals surface area contributed by atoms with E-state index in [1.807, 2.05) is 0 Å². The van der Waals surface area contributed by atoms with Gasteiger partial charge in [-0.25, -0.2) is 9.18 Å². The summed E-state index contributed by atoms with van der Waals surface area (Å²) in [5, 5.41) is 9.12. The molecule has 1 aromatic carbocycles. The van der Waals surface area contributed by atoms with Crippen molar-refractivity contribution >= 4 is 5.97 Å². The zero-order valence-corrected chi connectivity index (χ0v) is 10.9. The number of methoxy groups -OCH3 is 1. The van der Waals surface area contributed by atoms with E-state index in [4.69, 9.17) is 5.11 Å². The van der Waals surface area contributed by atoms with Crippen molar-refractivity contribution < 1.29 is 19.0 Å². The molecule has 1 unspecified atom stereocenters. The topological polar surface area (TPSA) is 49.8 Å². The average Bonchev–Trinajstić information content (AvgIpc) is 2.87. The van der Waals surface area contributed by atoms with Crippen molar-refractivity contribution in [3.05, 3.63) is 35.1 Å². The molecule has 0 spiro atoms. The molecule has 0 bridgehead atoms. The highest BCUT2D eigenvalue weighted by atomic mass is 19.1. The molecule has 1 aliphatic rings. The van der Waals surface area contributed by atoms with Gasteiger partial charge in [-0.3, -0.25) is 4.90 Å². The van der Waals surface area contributed by atoms with Gasteiger partial charge in [0.15, 0.2) is 0 Å². The second kappa shape index (κ2) is 6.12. The summed E-state index contributed by atoms with van der Waals surface area (Å²) in [7, 11) is 1.29. The molecule has 1 atom stereocenters. The zero-order valence-electron chi connectivity index (χ0n) is 10.9. The van der Waals surface area contributed by atoms with Crippen LogP contribution in [0, 0.1) is 11.7 Å². The molecule has 0 saturated carbocycles. The zero-order chi connectivity index (χ0) is 13.8. The van der Waals surface area contributed by atoms with Gasteiger partial charge in [-0.2, -0.15) is 0 Å². The SMILES string of the molecule is COC(=O)c1cc(F)ccc1CN1CCC(CO)C1. The Morgan fingerprint density at radius 1 is 1.58 bits per heavy atom. The quantitative estimate of drug-likeness (QED) is 0.838. The number of rotatable bonds is 4. The molecule has 1 aliphatic heterocycles. The summed E-state index contributed by atoms with van der Waals surface area (Å²) in [6.45, 7) is 2.43. The molecule has 104 valence electrons. The number of likely N-dealkylation sites (tertiary alicyclic amines) is 1. The Morgan fingerprint density at radius 2 is 2.37 bits per heavy atom. The van der Waals surface area contributed by atoms with Crippen molar-refractivity contribution in [1.82, 2.24) is 4.90 Å². The fourth-order valence-corrected chi connectivity index (χ4v) is 2.43. The molecule has 4 nitrogen and oxygen atoms in total. The van der Waals surface area contributed by atoms with E-state index in [-0.39, 0.29) is 12.2 Å². The molecule has 0 radical (unpaired) electrons. The standard InChI is InChI=1S/C14H18FNO3/c1-19-14(18)13-6-12(15)3-2-11(13)8-16-5-4-10(7-16)9-17/h2-3,6,10,17H,4-5,7-9H2,1H3. The molecule has 0 amide bonds. The third-order valence-corrected chi connectivity index (χ3v) is 3.50. The summed E-state index contributed by atoms with van der Waals surface area (Å²) in [5.41, 5.74) is 1.03. The minimum Gasteiger partial charge on any atom is -0.465 e. The van der Waals surface area contributed by atoms with Crippen LogP contribution in [-0.2, 0) is 11.3 Å². The van der Waals surface area contributed by atoms with Crippen LogP contribution in [0.25, 0.3) is 0 Å². The summed E-state index contributed by atoms with van der Waals surface area (Å²) in [4.78, 5) is 13.8. The van der Waals surface area contributed by atoms with Crippen molar-refractivity contribution in [3.8, 4) is 0 Å². The van der Waals surface area contributed by atoms with Crippen molar-refractivity contribution in [3.63, 3.8) is 0 Å². The van der Waals surface area contributed by atoms with Crippen molar-refractivity contribution in [2.75, 3.05) is 26.8 Å². The van der Waals surface area contributed by atoms with E-state index in [1.54, 1.807) is 6.07 Å². The fraction of sp³-hybridized carbons (Fsp3) is 0.500. The Hall–Kier alpha value is -1.46. The molecule has 5 heteroatoms. The largest absolute Gasteiger partial charge is 0.465 e. The number of aliphatic hydroxyl groups excluding tert-OH is 1. The maximum absolute atomic E-state index is 13.2. The van der Waals surface area contributed by atoms with Crippen LogP contribution in [0.5, 0.6) is 0 Å². The van der Waals surface area contributed by atoms with E-state index in [2.05, 4.69) is 9.64 Å². The van der Waals surface area contributed by atoms with Gasteiger partial charge in [0.2, 0.25) is 0 Å². The molecule has 1 aromatic rings. The second-order valence-corrected chi connectivity index (χ2v) is 4.87. The van der Waals surface area contributed by atoms with Gasteiger partial charge in [0.1, 0.15) is 5.82 Å². The molecule has 1 heterocycles. The third kappa shape index (κ3) is 3.30.